The number of alkyl halides is 3. The summed E-state index contributed by atoms with van der Waals surface area (Å²) in [7, 11) is 0. The summed E-state index contributed by atoms with van der Waals surface area (Å²) in [6, 6.07) is 1.06. The lowest BCUT2D eigenvalue weighted by Gasteiger charge is -2.42. The van der Waals surface area contributed by atoms with Gasteiger partial charge in [0.1, 0.15) is 0 Å². The molecule has 5 nitrogen and oxygen atoms in total. The van der Waals surface area contributed by atoms with Gasteiger partial charge in [-0.25, -0.2) is 0 Å². The van der Waals surface area contributed by atoms with E-state index in [1.165, 1.54) is 0 Å². The molecule has 2 heterocycles. The Bertz CT molecular complexity index is 626. The van der Waals surface area contributed by atoms with E-state index in [0.29, 0.717) is 18.8 Å². The Balaban J connectivity index is 1.70. The Hall–Kier alpha value is -1.57. The van der Waals surface area contributed by atoms with Gasteiger partial charge in [-0.1, -0.05) is 12.8 Å². The number of rotatable bonds is 2. The number of likely N-dealkylation sites (tertiary alicyclic amines) is 1. The van der Waals surface area contributed by atoms with Crippen LogP contribution in [0.5, 0.6) is 0 Å². The van der Waals surface area contributed by atoms with Crippen LogP contribution in [0.3, 0.4) is 0 Å². The second-order valence-electron chi connectivity index (χ2n) is 7.63. The number of carbonyl (C=O) groups is 1. The molecule has 1 saturated carbocycles. The fourth-order valence-electron chi connectivity index (χ4n) is 4.11. The van der Waals surface area contributed by atoms with Gasteiger partial charge in [-0.15, -0.1) is 0 Å². The van der Waals surface area contributed by atoms with Crippen molar-refractivity contribution in [3.05, 3.63) is 17.5 Å². The second kappa shape index (κ2) is 6.63. The highest BCUT2D eigenvalue weighted by atomic mass is 19.4. The topological polar surface area (TPSA) is 75.0 Å². The maximum absolute atomic E-state index is 13.0. The van der Waals surface area contributed by atoms with Gasteiger partial charge in [-0.2, -0.15) is 18.3 Å². The highest BCUT2D eigenvalue weighted by Gasteiger charge is 2.41. The van der Waals surface area contributed by atoms with Crippen molar-refractivity contribution in [1.29, 1.82) is 0 Å². The van der Waals surface area contributed by atoms with Crippen molar-refractivity contribution in [2.24, 2.45) is 11.7 Å². The molecule has 3 rings (SSSR count). The van der Waals surface area contributed by atoms with Crippen LogP contribution in [0.2, 0.25) is 0 Å². The molecule has 8 heteroatoms. The second-order valence-corrected chi connectivity index (χ2v) is 7.63. The van der Waals surface area contributed by atoms with Crippen LogP contribution in [0.4, 0.5) is 13.2 Å². The number of halogens is 3. The van der Waals surface area contributed by atoms with E-state index >= 15 is 0 Å². The first-order chi connectivity index (χ1) is 11.7. The number of aromatic amines is 1. The SMILES string of the molecule is CC1(N)CCCCC1C(=O)N1CCCC(c2cc(C(F)(F)F)n[nH]2)C1. The molecule has 1 aromatic heterocycles. The quantitative estimate of drug-likeness (QED) is 0.853. The van der Waals surface area contributed by atoms with Crippen LogP contribution in [0.1, 0.15) is 62.8 Å². The fourth-order valence-corrected chi connectivity index (χ4v) is 4.11. The molecule has 1 aliphatic heterocycles. The van der Waals surface area contributed by atoms with Crippen LogP contribution >= 0.6 is 0 Å². The molecule has 2 fully saturated rings. The van der Waals surface area contributed by atoms with Crippen LogP contribution in [0.25, 0.3) is 0 Å². The van der Waals surface area contributed by atoms with Crippen LogP contribution in [0, 0.1) is 5.92 Å². The summed E-state index contributed by atoms with van der Waals surface area (Å²) < 4.78 is 38.2. The van der Waals surface area contributed by atoms with E-state index in [1.807, 2.05) is 6.92 Å². The fraction of sp³-hybridized carbons (Fsp3) is 0.765. The lowest BCUT2D eigenvalue weighted by atomic mass is 9.73. The average molecular weight is 358 g/mol. The summed E-state index contributed by atoms with van der Waals surface area (Å²) in [6.45, 7) is 2.99. The van der Waals surface area contributed by atoms with Gasteiger partial charge in [0.15, 0.2) is 5.69 Å². The van der Waals surface area contributed by atoms with E-state index in [4.69, 9.17) is 5.73 Å². The number of carbonyl (C=O) groups excluding carboxylic acids is 1. The van der Waals surface area contributed by atoms with Gasteiger partial charge in [0.2, 0.25) is 5.91 Å². The minimum absolute atomic E-state index is 0.0463. The molecule has 1 aliphatic carbocycles. The van der Waals surface area contributed by atoms with E-state index in [2.05, 4.69) is 10.2 Å². The predicted octanol–water partition coefficient (Wildman–Crippen LogP) is 3.04. The van der Waals surface area contributed by atoms with Gasteiger partial charge in [0, 0.05) is 30.2 Å². The summed E-state index contributed by atoms with van der Waals surface area (Å²) in [4.78, 5) is 14.7. The first-order valence-electron chi connectivity index (χ1n) is 8.88. The van der Waals surface area contributed by atoms with Gasteiger partial charge >= 0.3 is 6.18 Å². The summed E-state index contributed by atoms with van der Waals surface area (Å²) in [5, 5.41) is 5.88. The smallest absolute Gasteiger partial charge is 0.342 e. The lowest BCUT2D eigenvalue weighted by molar-refractivity contribution is -0.141. The Morgan fingerprint density at radius 1 is 1.36 bits per heavy atom. The normalized spacial score (nSPS) is 31.2. The highest BCUT2D eigenvalue weighted by Crippen LogP contribution is 2.36. The summed E-state index contributed by atoms with van der Waals surface area (Å²) in [5.74, 6) is -0.300. The zero-order valence-corrected chi connectivity index (χ0v) is 14.4. The van der Waals surface area contributed by atoms with Crippen molar-refractivity contribution in [1.82, 2.24) is 15.1 Å². The maximum atomic E-state index is 13.0. The van der Waals surface area contributed by atoms with Gasteiger partial charge < -0.3 is 10.6 Å². The molecule has 140 valence electrons. The van der Waals surface area contributed by atoms with Crippen molar-refractivity contribution in [2.45, 2.75) is 63.1 Å². The number of H-pyrrole nitrogens is 1. The summed E-state index contributed by atoms with van der Waals surface area (Å²) in [6.07, 6.45) is 0.705. The van der Waals surface area contributed by atoms with Crippen LogP contribution < -0.4 is 5.73 Å². The Labute approximate surface area is 145 Å². The third-order valence-corrected chi connectivity index (χ3v) is 5.61. The number of aromatic nitrogens is 2. The van der Waals surface area contributed by atoms with E-state index in [-0.39, 0.29) is 17.7 Å². The van der Waals surface area contributed by atoms with E-state index in [1.54, 1.807) is 4.90 Å². The third-order valence-electron chi connectivity index (χ3n) is 5.61. The molecule has 3 N–H and O–H groups in total. The first kappa shape index (κ1) is 18.2. The number of nitrogens with one attached hydrogen (secondary N) is 1. The molecular formula is C17H25F3N4O. The average Bonchev–Trinajstić information content (AvgIpc) is 3.04. The number of hydrogen-bond donors (Lipinski definition) is 2. The molecule has 0 bridgehead atoms. The molecule has 0 radical (unpaired) electrons. The largest absolute Gasteiger partial charge is 0.435 e. The molecule has 0 aromatic carbocycles. The van der Waals surface area contributed by atoms with Gasteiger partial charge in [-0.05, 0) is 38.7 Å². The van der Waals surface area contributed by atoms with Crippen molar-refractivity contribution in [3.8, 4) is 0 Å². The van der Waals surface area contributed by atoms with E-state index in [0.717, 1.165) is 44.6 Å². The van der Waals surface area contributed by atoms with Gasteiger partial charge in [0.05, 0.1) is 5.92 Å². The minimum atomic E-state index is -4.46. The zero-order valence-electron chi connectivity index (χ0n) is 14.4. The maximum Gasteiger partial charge on any atom is 0.435 e. The molecule has 3 unspecified atom stereocenters. The van der Waals surface area contributed by atoms with Crippen LogP contribution in [-0.4, -0.2) is 39.6 Å². The zero-order chi connectivity index (χ0) is 18.2. The standard InChI is InChI=1S/C17H25F3N4O/c1-16(21)7-3-2-6-12(16)15(25)24-8-4-5-11(10-24)13-9-14(23-22-13)17(18,19)20/h9,11-12H,2-8,10,21H2,1H3,(H,22,23). The van der Waals surface area contributed by atoms with Crippen LogP contribution in [0.15, 0.2) is 6.07 Å². The van der Waals surface area contributed by atoms with Gasteiger partial charge in [0.25, 0.3) is 0 Å². The molecule has 2 aliphatic rings. The van der Waals surface area contributed by atoms with E-state index < -0.39 is 17.4 Å². The number of amides is 1. The first-order valence-corrected chi connectivity index (χ1v) is 8.88. The molecular weight excluding hydrogens is 333 g/mol. The number of piperidine rings is 1. The molecule has 1 saturated heterocycles. The summed E-state index contributed by atoms with van der Waals surface area (Å²) >= 11 is 0. The molecule has 1 aromatic rings. The van der Waals surface area contributed by atoms with Crippen LogP contribution in [-0.2, 0) is 11.0 Å². The lowest BCUT2D eigenvalue weighted by Crippen LogP contribution is -2.55. The predicted molar refractivity (Wildman–Crippen MR) is 86.7 cm³/mol. The van der Waals surface area contributed by atoms with Gasteiger partial charge in [-0.3, -0.25) is 9.89 Å². The Morgan fingerprint density at radius 3 is 2.76 bits per heavy atom. The molecule has 25 heavy (non-hydrogen) atoms. The number of nitrogens with two attached hydrogens (primary N) is 1. The Morgan fingerprint density at radius 2 is 2.12 bits per heavy atom. The van der Waals surface area contributed by atoms with Crippen molar-refractivity contribution >= 4 is 5.91 Å². The number of hydrogen-bond acceptors (Lipinski definition) is 3. The third kappa shape index (κ3) is 3.83. The molecule has 1 amide bonds. The highest BCUT2D eigenvalue weighted by molar-refractivity contribution is 5.80. The van der Waals surface area contributed by atoms with E-state index in [9.17, 15) is 18.0 Å². The molecule has 3 atom stereocenters. The summed E-state index contributed by atoms with van der Waals surface area (Å²) in [5.41, 5.74) is 5.38. The van der Waals surface area contributed by atoms with Crippen molar-refractivity contribution in [3.63, 3.8) is 0 Å². The minimum Gasteiger partial charge on any atom is -0.342 e. The molecule has 0 spiro atoms. The Kier molecular flexibility index (Phi) is 4.83. The number of nitrogens with zero attached hydrogens (tertiary/aromatic N) is 2. The van der Waals surface area contributed by atoms with Crippen molar-refractivity contribution < 1.29 is 18.0 Å². The monoisotopic (exact) mass is 358 g/mol. The van der Waals surface area contributed by atoms with Crippen molar-refractivity contribution in [2.75, 3.05) is 13.1 Å².